The molecule has 0 unspecified atom stereocenters. The average Bonchev–Trinajstić information content (AvgIpc) is 2.75. The summed E-state index contributed by atoms with van der Waals surface area (Å²) >= 11 is 0. The van der Waals surface area contributed by atoms with Gasteiger partial charge in [0.1, 0.15) is 0 Å². The number of benzene rings is 1. The van der Waals surface area contributed by atoms with E-state index in [1.807, 2.05) is 6.20 Å². The molecule has 0 bridgehead atoms. The molecular formula is C16H24N2. The lowest BCUT2D eigenvalue weighted by atomic mass is 9.81. The van der Waals surface area contributed by atoms with Crippen LogP contribution in [0.5, 0.6) is 0 Å². The molecule has 1 heterocycles. The van der Waals surface area contributed by atoms with Gasteiger partial charge in [0, 0.05) is 24.8 Å². The number of aromatic nitrogens is 1. The average molecular weight is 244 g/mol. The lowest BCUT2D eigenvalue weighted by molar-refractivity contribution is 0.238. The van der Waals surface area contributed by atoms with Crippen LogP contribution in [-0.2, 0) is 6.54 Å². The van der Waals surface area contributed by atoms with Gasteiger partial charge in [0.25, 0.3) is 0 Å². The fourth-order valence-corrected chi connectivity index (χ4v) is 1.95. The molecule has 0 radical (unpaired) electrons. The van der Waals surface area contributed by atoms with E-state index in [-0.39, 0.29) is 0 Å². The highest BCUT2D eigenvalue weighted by Gasteiger charge is 2.21. The molecule has 98 valence electrons. The van der Waals surface area contributed by atoms with Crippen molar-refractivity contribution in [2.75, 3.05) is 6.54 Å². The van der Waals surface area contributed by atoms with Crippen LogP contribution in [0.4, 0.5) is 0 Å². The lowest BCUT2D eigenvalue weighted by Crippen LogP contribution is -2.33. The van der Waals surface area contributed by atoms with E-state index in [1.165, 1.54) is 16.5 Å². The van der Waals surface area contributed by atoms with Crippen LogP contribution in [0.15, 0.2) is 30.5 Å². The quantitative estimate of drug-likeness (QED) is 0.819. The van der Waals surface area contributed by atoms with Crippen LogP contribution < -0.4 is 5.32 Å². The minimum atomic E-state index is 0.345. The van der Waals surface area contributed by atoms with Crippen molar-refractivity contribution in [2.45, 2.75) is 34.2 Å². The minimum absolute atomic E-state index is 0.345. The molecule has 0 spiro atoms. The smallest absolute Gasteiger partial charge is 0.0454 e. The van der Waals surface area contributed by atoms with Gasteiger partial charge in [-0.3, -0.25) is 0 Å². The first kappa shape index (κ1) is 13.2. The van der Waals surface area contributed by atoms with E-state index in [4.69, 9.17) is 0 Å². The van der Waals surface area contributed by atoms with Crippen LogP contribution in [0.2, 0.25) is 0 Å². The Morgan fingerprint density at radius 1 is 1.22 bits per heavy atom. The van der Waals surface area contributed by atoms with Gasteiger partial charge in [-0.05, 0) is 40.5 Å². The maximum atomic E-state index is 3.57. The lowest BCUT2D eigenvalue weighted by Gasteiger charge is -2.29. The van der Waals surface area contributed by atoms with Crippen LogP contribution in [0, 0.1) is 11.3 Å². The monoisotopic (exact) mass is 244 g/mol. The van der Waals surface area contributed by atoms with Crippen molar-refractivity contribution in [2.24, 2.45) is 11.3 Å². The highest BCUT2D eigenvalue weighted by Crippen LogP contribution is 2.24. The Bertz CT molecular complexity index is 509. The molecule has 0 amide bonds. The number of hydrogen-bond acceptors (Lipinski definition) is 1. The summed E-state index contributed by atoms with van der Waals surface area (Å²) in [6.45, 7) is 11.2. The molecule has 1 aromatic heterocycles. The number of nitrogens with one attached hydrogen (secondary N) is 2. The van der Waals surface area contributed by atoms with Crippen LogP contribution in [0.25, 0.3) is 10.9 Å². The summed E-state index contributed by atoms with van der Waals surface area (Å²) in [5, 5.41) is 4.86. The van der Waals surface area contributed by atoms with Gasteiger partial charge < -0.3 is 10.3 Å². The zero-order valence-electron chi connectivity index (χ0n) is 11.9. The van der Waals surface area contributed by atoms with E-state index in [1.54, 1.807) is 0 Å². The first-order valence-corrected chi connectivity index (χ1v) is 6.76. The molecule has 0 aliphatic rings. The zero-order chi connectivity index (χ0) is 13.2. The van der Waals surface area contributed by atoms with E-state index < -0.39 is 0 Å². The first-order valence-electron chi connectivity index (χ1n) is 6.76. The highest BCUT2D eigenvalue weighted by atomic mass is 14.9. The second-order valence-electron chi connectivity index (χ2n) is 6.15. The molecule has 0 saturated heterocycles. The summed E-state index contributed by atoms with van der Waals surface area (Å²) in [6.07, 6.45) is 1.99. The van der Waals surface area contributed by atoms with Crippen molar-refractivity contribution < 1.29 is 0 Å². The van der Waals surface area contributed by atoms with E-state index in [0.717, 1.165) is 13.1 Å². The minimum Gasteiger partial charge on any atom is -0.361 e. The Morgan fingerprint density at radius 2 is 2.00 bits per heavy atom. The van der Waals surface area contributed by atoms with Gasteiger partial charge >= 0.3 is 0 Å². The molecule has 2 rings (SSSR count). The van der Waals surface area contributed by atoms with Gasteiger partial charge in [0.05, 0.1) is 0 Å². The van der Waals surface area contributed by atoms with Crippen molar-refractivity contribution >= 4 is 10.9 Å². The Labute approximate surface area is 110 Å². The molecule has 2 N–H and O–H groups in total. The number of hydrogen-bond donors (Lipinski definition) is 2. The second-order valence-corrected chi connectivity index (χ2v) is 6.15. The number of H-pyrrole nitrogens is 1. The summed E-state index contributed by atoms with van der Waals surface area (Å²) in [5.74, 6) is 0.692. The Kier molecular flexibility index (Phi) is 3.76. The first-order chi connectivity index (χ1) is 8.49. The summed E-state index contributed by atoms with van der Waals surface area (Å²) in [7, 11) is 0. The molecule has 0 fully saturated rings. The van der Waals surface area contributed by atoms with Gasteiger partial charge in [-0.2, -0.15) is 0 Å². The molecule has 2 aromatic rings. The Balaban J connectivity index is 1.94. The third-order valence-corrected chi connectivity index (χ3v) is 4.09. The van der Waals surface area contributed by atoms with Gasteiger partial charge in [0.2, 0.25) is 0 Å². The van der Waals surface area contributed by atoms with Crippen molar-refractivity contribution in [3.63, 3.8) is 0 Å². The molecule has 0 atom stereocenters. The molecule has 0 aliphatic heterocycles. The van der Waals surface area contributed by atoms with Gasteiger partial charge in [0.15, 0.2) is 0 Å². The third-order valence-electron chi connectivity index (χ3n) is 4.09. The molecule has 18 heavy (non-hydrogen) atoms. The van der Waals surface area contributed by atoms with Crippen LogP contribution in [-0.4, -0.2) is 11.5 Å². The van der Waals surface area contributed by atoms with Crippen molar-refractivity contribution in [3.8, 4) is 0 Å². The molecule has 2 heteroatoms. The number of rotatable bonds is 5. The van der Waals surface area contributed by atoms with Crippen LogP contribution >= 0.6 is 0 Å². The fourth-order valence-electron chi connectivity index (χ4n) is 1.95. The van der Waals surface area contributed by atoms with Gasteiger partial charge in [-0.25, -0.2) is 0 Å². The standard InChI is InChI=1S/C16H24N2/c1-12(2)16(3,4)11-17-10-13-5-6-15-14(9-13)7-8-18-15/h5-9,12,17-18H,10-11H2,1-4H3. The molecule has 0 aliphatic carbocycles. The van der Waals surface area contributed by atoms with E-state index in [2.05, 4.69) is 62.3 Å². The number of aromatic amines is 1. The van der Waals surface area contributed by atoms with Crippen molar-refractivity contribution in [1.82, 2.24) is 10.3 Å². The molecule has 0 saturated carbocycles. The predicted octanol–water partition coefficient (Wildman–Crippen LogP) is 3.94. The largest absolute Gasteiger partial charge is 0.361 e. The highest BCUT2D eigenvalue weighted by molar-refractivity contribution is 5.79. The second kappa shape index (κ2) is 5.15. The Morgan fingerprint density at radius 3 is 2.72 bits per heavy atom. The topological polar surface area (TPSA) is 27.8 Å². The van der Waals surface area contributed by atoms with Crippen LogP contribution in [0.1, 0.15) is 33.3 Å². The van der Waals surface area contributed by atoms with Gasteiger partial charge in [-0.15, -0.1) is 0 Å². The molecule has 1 aromatic carbocycles. The normalized spacial score (nSPS) is 12.5. The summed E-state index contributed by atoms with van der Waals surface area (Å²) in [4.78, 5) is 3.22. The predicted molar refractivity (Wildman–Crippen MR) is 78.6 cm³/mol. The SMILES string of the molecule is CC(C)C(C)(C)CNCc1ccc2[nH]ccc2c1. The van der Waals surface area contributed by atoms with E-state index in [0.29, 0.717) is 11.3 Å². The third kappa shape index (κ3) is 2.94. The summed E-state index contributed by atoms with van der Waals surface area (Å²) in [5.41, 5.74) is 2.90. The summed E-state index contributed by atoms with van der Waals surface area (Å²) < 4.78 is 0. The van der Waals surface area contributed by atoms with E-state index >= 15 is 0 Å². The summed E-state index contributed by atoms with van der Waals surface area (Å²) in [6, 6.07) is 8.71. The van der Waals surface area contributed by atoms with Crippen molar-refractivity contribution in [3.05, 3.63) is 36.0 Å². The maximum Gasteiger partial charge on any atom is 0.0454 e. The van der Waals surface area contributed by atoms with Crippen molar-refractivity contribution in [1.29, 1.82) is 0 Å². The fraction of sp³-hybridized carbons (Fsp3) is 0.500. The van der Waals surface area contributed by atoms with Crippen LogP contribution in [0.3, 0.4) is 0 Å². The Hall–Kier alpha value is -1.28. The van der Waals surface area contributed by atoms with E-state index in [9.17, 15) is 0 Å². The number of fused-ring (bicyclic) bond motifs is 1. The maximum absolute atomic E-state index is 3.57. The van der Waals surface area contributed by atoms with Gasteiger partial charge in [-0.1, -0.05) is 33.8 Å². The molecular weight excluding hydrogens is 220 g/mol. The zero-order valence-corrected chi connectivity index (χ0v) is 11.9. The molecule has 2 nitrogen and oxygen atoms in total.